The lowest BCUT2D eigenvalue weighted by Gasteiger charge is -2.29. The van der Waals surface area contributed by atoms with Crippen molar-refractivity contribution in [2.45, 2.75) is 26.4 Å². The van der Waals surface area contributed by atoms with E-state index in [0.717, 1.165) is 0 Å². The van der Waals surface area contributed by atoms with Crippen molar-refractivity contribution in [3.63, 3.8) is 0 Å². The van der Waals surface area contributed by atoms with E-state index >= 15 is 0 Å². The van der Waals surface area contributed by atoms with Crippen LogP contribution < -0.4 is 0 Å². The van der Waals surface area contributed by atoms with E-state index in [2.05, 4.69) is 12.2 Å². The molecule has 0 saturated heterocycles. The molecule has 16 heavy (non-hydrogen) atoms. The summed E-state index contributed by atoms with van der Waals surface area (Å²) in [5.41, 5.74) is 2.00. The first-order valence-corrected chi connectivity index (χ1v) is 5.51. The van der Waals surface area contributed by atoms with Gasteiger partial charge in [0.25, 0.3) is 0 Å². The molecule has 0 aromatic heterocycles. The zero-order valence-corrected chi connectivity index (χ0v) is 9.99. The first kappa shape index (κ1) is 11.0. The number of carbonyl (C=O) groups excluding carboxylic acids is 1. The number of fused-ring (bicyclic) bond motifs is 1. The third-order valence-corrected chi connectivity index (χ3v) is 2.49. The van der Waals surface area contributed by atoms with Gasteiger partial charge in [0.15, 0.2) is 0 Å². The predicted molar refractivity (Wildman–Crippen MR) is 63.1 cm³/mol. The molecular formula is C13H17NO2. The Balaban J connectivity index is 2.01. The number of amides is 1. The highest BCUT2D eigenvalue weighted by molar-refractivity contribution is 5.70. The van der Waals surface area contributed by atoms with Crippen molar-refractivity contribution < 1.29 is 9.53 Å². The molecule has 1 aliphatic heterocycles. The lowest BCUT2D eigenvalue weighted by Crippen LogP contribution is -2.39. The molecule has 2 aliphatic rings. The molecule has 86 valence electrons. The molecule has 2 rings (SSSR count). The molecule has 0 saturated carbocycles. The van der Waals surface area contributed by atoms with Crippen molar-refractivity contribution in [2.24, 2.45) is 0 Å². The summed E-state index contributed by atoms with van der Waals surface area (Å²) < 4.78 is 5.34. The van der Waals surface area contributed by atoms with Crippen LogP contribution in [0, 0.1) is 0 Å². The van der Waals surface area contributed by atoms with Gasteiger partial charge in [0.2, 0.25) is 0 Å². The molecule has 1 amide bonds. The summed E-state index contributed by atoms with van der Waals surface area (Å²) in [4.78, 5) is 13.5. The highest BCUT2D eigenvalue weighted by Crippen LogP contribution is 2.24. The fourth-order valence-electron chi connectivity index (χ4n) is 1.76. The second-order valence-corrected chi connectivity index (χ2v) is 5.07. The van der Waals surface area contributed by atoms with E-state index in [1.807, 2.05) is 32.9 Å². The maximum atomic E-state index is 11.8. The van der Waals surface area contributed by atoms with E-state index in [1.165, 1.54) is 11.1 Å². The normalized spacial score (nSPS) is 19.1. The third kappa shape index (κ3) is 2.35. The van der Waals surface area contributed by atoms with E-state index < -0.39 is 5.60 Å². The van der Waals surface area contributed by atoms with Gasteiger partial charge in [-0.05, 0) is 31.9 Å². The van der Waals surface area contributed by atoms with E-state index in [-0.39, 0.29) is 6.09 Å². The van der Waals surface area contributed by atoms with Crippen molar-refractivity contribution >= 4 is 6.09 Å². The average Bonchev–Trinajstić information content (AvgIpc) is 2.61. The molecule has 0 atom stereocenters. The van der Waals surface area contributed by atoms with Crippen LogP contribution in [0.4, 0.5) is 4.79 Å². The summed E-state index contributed by atoms with van der Waals surface area (Å²) in [5.74, 6) is 0. The zero-order valence-electron chi connectivity index (χ0n) is 9.99. The van der Waals surface area contributed by atoms with Gasteiger partial charge in [-0.2, -0.15) is 0 Å². The number of ether oxygens (including phenoxy) is 1. The lowest BCUT2D eigenvalue weighted by molar-refractivity contribution is 0.0284. The highest BCUT2D eigenvalue weighted by Gasteiger charge is 2.25. The molecule has 0 radical (unpaired) electrons. The maximum Gasteiger partial charge on any atom is 0.410 e. The van der Waals surface area contributed by atoms with E-state index in [4.69, 9.17) is 4.74 Å². The standard InChI is InChI=1S/C13H17NO2/c1-13(2,3)16-12(15)14-8-7-10-5-4-6-11(10)9-14/h4-7H,8-9H2,1-3H3. The van der Waals surface area contributed by atoms with Crippen molar-refractivity contribution in [1.82, 2.24) is 4.90 Å². The van der Waals surface area contributed by atoms with Gasteiger partial charge in [-0.3, -0.25) is 0 Å². The number of nitrogens with zero attached hydrogens (tertiary/aromatic N) is 1. The Labute approximate surface area is 96.1 Å². The molecule has 0 N–H and O–H groups in total. The number of hydrogen-bond acceptors (Lipinski definition) is 2. The van der Waals surface area contributed by atoms with Crippen molar-refractivity contribution in [1.29, 1.82) is 0 Å². The van der Waals surface area contributed by atoms with Gasteiger partial charge in [-0.1, -0.05) is 24.3 Å². The van der Waals surface area contributed by atoms with Gasteiger partial charge in [0.1, 0.15) is 5.60 Å². The quantitative estimate of drug-likeness (QED) is 0.627. The van der Waals surface area contributed by atoms with Gasteiger partial charge in [0.05, 0.1) is 0 Å². The zero-order chi connectivity index (χ0) is 11.8. The van der Waals surface area contributed by atoms with Crippen molar-refractivity contribution in [2.75, 3.05) is 13.1 Å². The molecule has 0 spiro atoms. The second kappa shape index (κ2) is 3.81. The smallest absolute Gasteiger partial charge is 0.410 e. The monoisotopic (exact) mass is 219 g/mol. The molecule has 0 fully saturated rings. The third-order valence-electron chi connectivity index (χ3n) is 2.49. The van der Waals surface area contributed by atoms with Crippen LogP contribution >= 0.6 is 0 Å². The van der Waals surface area contributed by atoms with Gasteiger partial charge in [-0.15, -0.1) is 0 Å². The first-order valence-electron chi connectivity index (χ1n) is 5.51. The Morgan fingerprint density at radius 3 is 2.88 bits per heavy atom. The van der Waals surface area contributed by atoms with Gasteiger partial charge in [0, 0.05) is 13.1 Å². The summed E-state index contributed by atoms with van der Waals surface area (Å²) in [6.45, 7) is 6.92. The van der Waals surface area contributed by atoms with Gasteiger partial charge in [-0.25, -0.2) is 4.79 Å². The van der Waals surface area contributed by atoms with Crippen LogP contribution in [0.2, 0.25) is 0 Å². The topological polar surface area (TPSA) is 29.5 Å². The van der Waals surface area contributed by atoms with Gasteiger partial charge >= 0.3 is 6.09 Å². The molecule has 0 aromatic rings. The summed E-state index contributed by atoms with van der Waals surface area (Å²) in [6.07, 6.45) is 7.95. The first-order chi connectivity index (χ1) is 7.46. The predicted octanol–water partition coefficient (Wildman–Crippen LogP) is 2.66. The summed E-state index contributed by atoms with van der Waals surface area (Å²) in [6, 6.07) is 0. The second-order valence-electron chi connectivity index (χ2n) is 5.07. The van der Waals surface area contributed by atoms with Crippen LogP contribution in [0.1, 0.15) is 20.8 Å². The molecule has 1 aliphatic carbocycles. The average molecular weight is 219 g/mol. The minimum absolute atomic E-state index is 0.240. The van der Waals surface area contributed by atoms with E-state index in [9.17, 15) is 4.79 Å². The number of rotatable bonds is 0. The summed E-state index contributed by atoms with van der Waals surface area (Å²) in [5, 5.41) is 0. The van der Waals surface area contributed by atoms with Crippen molar-refractivity contribution in [3.05, 3.63) is 35.5 Å². The Morgan fingerprint density at radius 1 is 1.44 bits per heavy atom. The van der Waals surface area contributed by atoms with E-state index in [1.54, 1.807) is 4.90 Å². The van der Waals surface area contributed by atoms with E-state index in [0.29, 0.717) is 13.1 Å². The molecule has 3 nitrogen and oxygen atoms in total. The number of hydrogen-bond donors (Lipinski definition) is 0. The number of carbonyl (C=O) groups is 1. The summed E-state index contributed by atoms with van der Waals surface area (Å²) >= 11 is 0. The summed E-state index contributed by atoms with van der Waals surface area (Å²) in [7, 11) is 0. The molecule has 3 heteroatoms. The minimum Gasteiger partial charge on any atom is -0.444 e. The van der Waals surface area contributed by atoms with Crippen LogP contribution in [0.25, 0.3) is 0 Å². The van der Waals surface area contributed by atoms with Crippen LogP contribution in [-0.2, 0) is 4.74 Å². The fraction of sp³-hybridized carbons (Fsp3) is 0.462. The van der Waals surface area contributed by atoms with Crippen molar-refractivity contribution in [3.8, 4) is 0 Å². The number of allylic oxidation sites excluding steroid dienone is 3. The van der Waals surface area contributed by atoms with Gasteiger partial charge < -0.3 is 9.64 Å². The van der Waals surface area contributed by atoms with Crippen LogP contribution in [0.15, 0.2) is 35.5 Å². The Morgan fingerprint density at radius 2 is 2.19 bits per heavy atom. The van der Waals surface area contributed by atoms with Crippen LogP contribution in [0.5, 0.6) is 0 Å². The van der Waals surface area contributed by atoms with Crippen LogP contribution in [0.3, 0.4) is 0 Å². The fourth-order valence-corrected chi connectivity index (χ4v) is 1.76. The molecule has 0 unspecified atom stereocenters. The Bertz CT molecular complexity index is 397. The lowest BCUT2D eigenvalue weighted by atomic mass is 10.1. The largest absolute Gasteiger partial charge is 0.444 e. The molecular weight excluding hydrogens is 202 g/mol. The SMILES string of the molecule is CC(C)(C)OC(=O)N1CC=C2C=CC=C2C1. The Hall–Kier alpha value is -1.51. The maximum absolute atomic E-state index is 11.8. The highest BCUT2D eigenvalue weighted by atomic mass is 16.6. The minimum atomic E-state index is -0.427. The molecule has 0 aromatic carbocycles. The molecule has 1 heterocycles. The molecule has 0 bridgehead atoms. The Kier molecular flexibility index (Phi) is 2.62. The van der Waals surface area contributed by atoms with Crippen LogP contribution in [-0.4, -0.2) is 29.7 Å².